The number of aromatic nitrogens is 1. The molecule has 1 aromatic heterocycles. The topological polar surface area (TPSA) is 54.8 Å². The summed E-state index contributed by atoms with van der Waals surface area (Å²) in [5.41, 5.74) is -0.121. The van der Waals surface area contributed by atoms with Crippen molar-refractivity contribution in [1.82, 2.24) is 9.88 Å². The van der Waals surface area contributed by atoms with E-state index in [-0.39, 0.29) is 6.10 Å². The molecule has 0 amide bonds. The van der Waals surface area contributed by atoms with Gasteiger partial charge in [0.2, 0.25) is 0 Å². The van der Waals surface area contributed by atoms with Crippen molar-refractivity contribution in [3.05, 3.63) is 53.9 Å². The molecule has 2 heterocycles. The van der Waals surface area contributed by atoms with Crippen LogP contribution in [-0.2, 0) is 12.7 Å². The first kappa shape index (κ1) is 20.9. The fourth-order valence-corrected chi connectivity index (χ4v) is 4.54. The number of benzene rings is 1. The predicted octanol–water partition coefficient (Wildman–Crippen LogP) is 3.76. The maximum atomic E-state index is 12.7. The molecule has 2 aromatic rings. The van der Waals surface area contributed by atoms with E-state index in [9.17, 15) is 18.3 Å². The number of para-hydroxylation sites is 2. The van der Waals surface area contributed by atoms with Gasteiger partial charge in [0, 0.05) is 25.8 Å². The van der Waals surface area contributed by atoms with E-state index < -0.39 is 17.8 Å². The number of rotatable bonds is 5. The van der Waals surface area contributed by atoms with E-state index >= 15 is 0 Å². The van der Waals surface area contributed by atoms with Gasteiger partial charge in [-0.25, -0.2) is 0 Å². The standard InChI is InChI=1S/C22H25F3N2O3/c1-29-19-4-2-3-5-20(19)30-21-9-15-12-27(11-14(15)8-18(21)28)13-17-7-6-16(10-26-17)22(23,24)25/h2-7,10,14-15,18,21,28H,8-9,11-13H2,1H3/t14-,15+,18+,21+/m0/s1. The average molecular weight is 422 g/mol. The Balaban J connectivity index is 1.37. The Morgan fingerprint density at radius 1 is 1.07 bits per heavy atom. The number of pyridine rings is 1. The lowest BCUT2D eigenvalue weighted by atomic mass is 9.78. The summed E-state index contributed by atoms with van der Waals surface area (Å²) in [6.07, 6.45) is -3.01. The molecule has 1 N–H and O–H groups in total. The van der Waals surface area contributed by atoms with Crippen LogP contribution in [0, 0.1) is 11.8 Å². The summed E-state index contributed by atoms with van der Waals surface area (Å²) >= 11 is 0. The van der Waals surface area contributed by atoms with Gasteiger partial charge in [0.1, 0.15) is 6.10 Å². The maximum Gasteiger partial charge on any atom is 0.417 e. The van der Waals surface area contributed by atoms with E-state index in [1.807, 2.05) is 24.3 Å². The Hall–Kier alpha value is -2.32. The smallest absolute Gasteiger partial charge is 0.417 e. The van der Waals surface area contributed by atoms with Gasteiger partial charge in [-0.1, -0.05) is 12.1 Å². The maximum absolute atomic E-state index is 12.7. The molecule has 1 aliphatic heterocycles. The number of nitrogens with zero attached hydrogens (tertiary/aromatic N) is 2. The Morgan fingerprint density at radius 2 is 1.77 bits per heavy atom. The van der Waals surface area contributed by atoms with Crippen LogP contribution in [-0.4, -0.2) is 47.4 Å². The van der Waals surface area contributed by atoms with Gasteiger partial charge in [-0.3, -0.25) is 9.88 Å². The third kappa shape index (κ3) is 4.54. The van der Waals surface area contributed by atoms with Gasteiger partial charge in [0.15, 0.2) is 11.5 Å². The second-order valence-electron chi connectivity index (χ2n) is 8.10. The molecule has 30 heavy (non-hydrogen) atoms. The molecule has 4 atom stereocenters. The summed E-state index contributed by atoms with van der Waals surface area (Å²) in [6, 6.07) is 9.89. The molecule has 162 valence electrons. The largest absolute Gasteiger partial charge is 0.493 e. The molecule has 1 saturated carbocycles. The number of aliphatic hydroxyl groups is 1. The summed E-state index contributed by atoms with van der Waals surface area (Å²) in [6.45, 7) is 2.11. The molecule has 5 nitrogen and oxygen atoms in total. The fraction of sp³-hybridized carbons (Fsp3) is 0.500. The molecular weight excluding hydrogens is 397 g/mol. The minimum Gasteiger partial charge on any atom is -0.493 e. The number of hydrogen-bond acceptors (Lipinski definition) is 5. The Bertz CT molecular complexity index is 859. The van der Waals surface area contributed by atoms with Crippen LogP contribution in [0.15, 0.2) is 42.6 Å². The van der Waals surface area contributed by atoms with Crippen LogP contribution in [0.3, 0.4) is 0 Å². The van der Waals surface area contributed by atoms with Gasteiger partial charge < -0.3 is 14.6 Å². The summed E-state index contributed by atoms with van der Waals surface area (Å²) in [4.78, 5) is 6.18. The zero-order valence-electron chi connectivity index (χ0n) is 16.7. The van der Waals surface area contributed by atoms with Crippen LogP contribution < -0.4 is 9.47 Å². The van der Waals surface area contributed by atoms with Crippen molar-refractivity contribution in [2.75, 3.05) is 20.2 Å². The van der Waals surface area contributed by atoms with Crippen LogP contribution in [0.2, 0.25) is 0 Å². The van der Waals surface area contributed by atoms with Gasteiger partial charge in [-0.15, -0.1) is 0 Å². The van der Waals surface area contributed by atoms with Gasteiger partial charge in [0.25, 0.3) is 0 Å². The predicted molar refractivity (Wildman–Crippen MR) is 104 cm³/mol. The summed E-state index contributed by atoms with van der Waals surface area (Å²) in [5.74, 6) is 1.95. The molecule has 0 radical (unpaired) electrons. The lowest BCUT2D eigenvalue weighted by Gasteiger charge is -2.35. The minimum atomic E-state index is -4.37. The van der Waals surface area contributed by atoms with Gasteiger partial charge in [0.05, 0.1) is 24.5 Å². The quantitative estimate of drug-likeness (QED) is 0.795. The van der Waals surface area contributed by atoms with Crippen LogP contribution in [0.5, 0.6) is 11.5 Å². The molecule has 2 aliphatic rings. The SMILES string of the molecule is COc1ccccc1O[C@@H]1C[C@@H]2CN(Cc3ccc(C(F)(F)F)cn3)C[C@@H]2C[C@H]1O. The molecule has 1 aliphatic carbocycles. The van der Waals surface area contributed by atoms with E-state index in [0.717, 1.165) is 31.8 Å². The number of aliphatic hydroxyl groups excluding tert-OH is 1. The monoisotopic (exact) mass is 422 g/mol. The zero-order chi connectivity index (χ0) is 21.3. The summed E-state index contributed by atoms with van der Waals surface area (Å²) in [5, 5.41) is 10.6. The number of likely N-dealkylation sites (tertiary alicyclic amines) is 1. The molecule has 2 fully saturated rings. The number of ether oxygens (including phenoxy) is 2. The lowest BCUT2D eigenvalue weighted by Crippen LogP contribution is -2.42. The average Bonchev–Trinajstić information content (AvgIpc) is 3.09. The van der Waals surface area contributed by atoms with Gasteiger partial charge >= 0.3 is 6.18 Å². The van der Waals surface area contributed by atoms with E-state index in [1.54, 1.807) is 7.11 Å². The molecule has 0 unspecified atom stereocenters. The van der Waals surface area contributed by atoms with Crippen molar-refractivity contribution in [2.45, 2.75) is 37.8 Å². The highest BCUT2D eigenvalue weighted by atomic mass is 19.4. The number of halogens is 3. The van der Waals surface area contributed by atoms with Crippen LogP contribution >= 0.6 is 0 Å². The number of hydrogen-bond donors (Lipinski definition) is 1. The first-order valence-electron chi connectivity index (χ1n) is 10.1. The van der Waals surface area contributed by atoms with Crippen LogP contribution in [0.4, 0.5) is 13.2 Å². The molecule has 1 aromatic carbocycles. The molecule has 4 rings (SSSR count). The Kier molecular flexibility index (Phi) is 5.88. The van der Waals surface area contributed by atoms with Crippen molar-refractivity contribution in [1.29, 1.82) is 0 Å². The number of fused-ring (bicyclic) bond motifs is 1. The van der Waals surface area contributed by atoms with Crippen molar-refractivity contribution in [2.24, 2.45) is 11.8 Å². The molecular formula is C22H25F3N2O3. The highest BCUT2D eigenvalue weighted by Gasteiger charge is 2.43. The van der Waals surface area contributed by atoms with Crippen LogP contribution in [0.1, 0.15) is 24.1 Å². The van der Waals surface area contributed by atoms with Crippen molar-refractivity contribution < 1.29 is 27.8 Å². The molecule has 0 bridgehead atoms. The van der Waals surface area contributed by atoms with Gasteiger partial charge in [-0.2, -0.15) is 13.2 Å². The van der Waals surface area contributed by atoms with Crippen molar-refractivity contribution in [3.63, 3.8) is 0 Å². The minimum absolute atomic E-state index is 0.313. The summed E-state index contributed by atoms with van der Waals surface area (Å²) < 4.78 is 49.5. The number of alkyl halides is 3. The highest BCUT2D eigenvalue weighted by Crippen LogP contribution is 2.39. The Labute approximate surface area is 173 Å². The molecule has 1 saturated heterocycles. The molecule has 0 spiro atoms. The third-order valence-electron chi connectivity index (χ3n) is 6.05. The first-order valence-corrected chi connectivity index (χ1v) is 10.1. The van der Waals surface area contributed by atoms with Crippen LogP contribution in [0.25, 0.3) is 0 Å². The van der Waals surface area contributed by atoms with Crippen molar-refractivity contribution in [3.8, 4) is 11.5 Å². The zero-order valence-corrected chi connectivity index (χ0v) is 16.7. The summed E-state index contributed by atoms with van der Waals surface area (Å²) in [7, 11) is 1.58. The lowest BCUT2D eigenvalue weighted by molar-refractivity contribution is -0.137. The van der Waals surface area contributed by atoms with E-state index in [2.05, 4.69) is 9.88 Å². The van der Waals surface area contributed by atoms with E-state index in [1.165, 1.54) is 6.07 Å². The fourth-order valence-electron chi connectivity index (χ4n) is 4.54. The normalized spacial score (nSPS) is 27.0. The second-order valence-corrected chi connectivity index (χ2v) is 8.10. The first-order chi connectivity index (χ1) is 14.3. The highest BCUT2D eigenvalue weighted by molar-refractivity contribution is 5.39. The Morgan fingerprint density at radius 3 is 2.40 bits per heavy atom. The number of methoxy groups -OCH3 is 1. The van der Waals surface area contributed by atoms with Gasteiger partial charge in [-0.05, 0) is 48.9 Å². The van der Waals surface area contributed by atoms with E-state index in [0.29, 0.717) is 42.0 Å². The molecule has 8 heteroatoms. The van der Waals surface area contributed by atoms with Crippen molar-refractivity contribution >= 4 is 0 Å². The second kappa shape index (κ2) is 8.43. The van der Waals surface area contributed by atoms with E-state index in [4.69, 9.17) is 9.47 Å². The third-order valence-corrected chi connectivity index (χ3v) is 6.05.